The molecule has 0 aromatic heterocycles. The van der Waals surface area contributed by atoms with Crippen LogP contribution in [0.2, 0.25) is 5.02 Å². The summed E-state index contributed by atoms with van der Waals surface area (Å²) in [5.74, 6) is 0.0212. The van der Waals surface area contributed by atoms with E-state index in [0.29, 0.717) is 5.02 Å². The zero-order valence-electron chi connectivity index (χ0n) is 10.7. The summed E-state index contributed by atoms with van der Waals surface area (Å²) in [5.41, 5.74) is 1.28. The Morgan fingerprint density at radius 2 is 1.75 bits per heavy atom. The fourth-order valence-corrected chi connectivity index (χ4v) is 2.96. The van der Waals surface area contributed by atoms with E-state index in [-0.39, 0.29) is 5.91 Å². The topological polar surface area (TPSA) is 29.1 Å². The molecular formula is C16H13BrClNO. The third-order valence-corrected chi connectivity index (χ3v) is 4.53. The van der Waals surface area contributed by atoms with Crippen LogP contribution in [0.4, 0.5) is 5.69 Å². The fourth-order valence-electron chi connectivity index (χ4n) is 2.38. The first-order chi connectivity index (χ1) is 9.62. The third-order valence-electron chi connectivity index (χ3n) is 3.68. The predicted octanol–water partition coefficient (Wildman–Crippen LogP) is 4.77. The Balaban J connectivity index is 1.84. The van der Waals surface area contributed by atoms with Crippen LogP contribution in [0.1, 0.15) is 18.4 Å². The minimum Gasteiger partial charge on any atom is -0.325 e. The minimum absolute atomic E-state index is 0.0212. The Morgan fingerprint density at radius 1 is 1.10 bits per heavy atom. The van der Waals surface area contributed by atoms with Gasteiger partial charge in [-0.2, -0.15) is 0 Å². The van der Waals surface area contributed by atoms with Crippen molar-refractivity contribution in [2.24, 2.45) is 0 Å². The molecular weight excluding hydrogens is 338 g/mol. The standard InChI is InChI=1S/C16H13BrClNO/c17-11-5-7-12(8-6-11)19-15(20)16(9-10-16)13-3-1-2-4-14(13)18/h1-8H,9-10H2,(H,19,20). The Kier molecular flexibility index (Phi) is 3.57. The van der Waals surface area contributed by atoms with E-state index in [1.54, 1.807) is 0 Å². The monoisotopic (exact) mass is 349 g/mol. The second kappa shape index (κ2) is 5.23. The minimum atomic E-state index is -0.453. The van der Waals surface area contributed by atoms with Gasteiger partial charge in [-0.05, 0) is 48.7 Å². The summed E-state index contributed by atoms with van der Waals surface area (Å²) < 4.78 is 0.989. The summed E-state index contributed by atoms with van der Waals surface area (Å²) in [6.07, 6.45) is 1.69. The highest BCUT2D eigenvalue weighted by Gasteiger charge is 2.52. The lowest BCUT2D eigenvalue weighted by Crippen LogP contribution is -2.28. The maximum Gasteiger partial charge on any atom is 0.235 e. The molecule has 1 saturated carbocycles. The molecule has 4 heteroatoms. The summed E-state index contributed by atoms with van der Waals surface area (Å²) in [4.78, 5) is 12.6. The van der Waals surface area contributed by atoms with E-state index in [2.05, 4.69) is 21.2 Å². The number of nitrogens with one attached hydrogen (secondary N) is 1. The van der Waals surface area contributed by atoms with Gasteiger partial charge in [0.15, 0.2) is 0 Å². The Morgan fingerprint density at radius 3 is 2.35 bits per heavy atom. The van der Waals surface area contributed by atoms with Gasteiger partial charge in [0.2, 0.25) is 5.91 Å². The molecule has 1 N–H and O–H groups in total. The number of benzene rings is 2. The maximum absolute atomic E-state index is 12.6. The van der Waals surface area contributed by atoms with Crippen molar-refractivity contribution in [3.05, 3.63) is 63.6 Å². The van der Waals surface area contributed by atoms with Gasteiger partial charge in [0, 0.05) is 15.2 Å². The van der Waals surface area contributed by atoms with E-state index in [9.17, 15) is 4.79 Å². The zero-order chi connectivity index (χ0) is 14.2. The van der Waals surface area contributed by atoms with Crippen molar-refractivity contribution in [1.82, 2.24) is 0 Å². The van der Waals surface area contributed by atoms with Gasteiger partial charge < -0.3 is 5.32 Å². The van der Waals surface area contributed by atoms with Crippen LogP contribution < -0.4 is 5.32 Å². The van der Waals surface area contributed by atoms with Gasteiger partial charge in [0.05, 0.1) is 5.41 Å². The lowest BCUT2D eigenvalue weighted by atomic mass is 9.95. The Bertz CT molecular complexity index is 650. The molecule has 0 aliphatic heterocycles. The molecule has 2 nitrogen and oxygen atoms in total. The van der Waals surface area contributed by atoms with Crippen LogP contribution in [0, 0.1) is 0 Å². The smallest absolute Gasteiger partial charge is 0.235 e. The molecule has 2 aromatic carbocycles. The maximum atomic E-state index is 12.6. The van der Waals surface area contributed by atoms with Crippen molar-refractivity contribution >= 4 is 39.1 Å². The average molecular weight is 351 g/mol. The van der Waals surface area contributed by atoms with E-state index in [4.69, 9.17) is 11.6 Å². The molecule has 0 heterocycles. The highest BCUT2D eigenvalue weighted by Crippen LogP contribution is 2.51. The molecule has 0 spiro atoms. The van der Waals surface area contributed by atoms with Gasteiger partial charge >= 0.3 is 0 Å². The van der Waals surface area contributed by atoms with Crippen LogP contribution in [0.3, 0.4) is 0 Å². The van der Waals surface area contributed by atoms with Gasteiger partial charge in [-0.1, -0.05) is 45.7 Å². The predicted molar refractivity (Wildman–Crippen MR) is 85.1 cm³/mol. The molecule has 2 aromatic rings. The van der Waals surface area contributed by atoms with Crippen LogP contribution in [0.15, 0.2) is 53.0 Å². The summed E-state index contributed by atoms with van der Waals surface area (Å²) in [7, 11) is 0. The van der Waals surface area contributed by atoms with Gasteiger partial charge in [-0.15, -0.1) is 0 Å². The highest BCUT2D eigenvalue weighted by atomic mass is 79.9. The third kappa shape index (κ3) is 2.48. The molecule has 1 aliphatic rings. The summed E-state index contributed by atoms with van der Waals surface area (Å²) >= 11 is 9.61. The van der Waals surface area contributed by atoms with Crippen molar-refractivity contribution < 1.29 is 4.79 Å². The molecule has 0 radical (unpaired) electrons. The molecule has 1 amide bonds. The van der Waals surface area contributed by atoms with Crippen molar-refractivity contribution in [2.75, 3.05) is 5.32 Å². The van der Waals surface area contributed by atoms with Crippen LogP contribution in [0.5, 0.6) is 0 Å². The summed E-state index contributed by atoms with van der Waals surface area (Å²) in [5, 5.41) is 3.64. The van der Waals surface area contributed by atoms with Crippen molar-refractivity contribution in [3.8, 4) is 0 Å². The first-order valence-electron chi connectivity index (χ1n) is 6.44. The van der Waals surface area contributed by atoms with Gasteiger partial charge in [0.1, 0.15) is 0 Å². The number of carbonyl (C=O) groups excluding carboxylic acids is 1. The number of anilines is 1. The Hall–Kier alpha value is -1.32. The van der Waals surface area contributed by atoms with Crippen molar-refractivity contribution in [3.63, 3.8) is 0 Å². The Labute approximate surface area is 131 Å². The molecule has 0 bridgehead atoms. The van der Waals surface area contributed by atoms with Gasteiger partial charge in [0.25, 0.3) is 0 Å². The number of amides is 1. The first-order valence-corrected chi connectivity index (χ1v) is 7.61. The average Bonchev–Trinajstić information content (AvgIpc) is 3.23. The second-order valence-corrected chi connectivity index (χ2v) is 6.35. The second-order valence-electron chi connectivity index (χ2n) is 5.02. The number of halogens is 2. The lowest BCUT2D eigenvalue weighted by molar-refractivity contribution is -0.118. The highest BCUT2D eigenvalue weighted by molar-refractivity contribution is 9.10. The molecule has 1 fully saturated rings. The van der Waals surface area contributed by atoms with Crippen LogP contribution in [-0.4, -0.2) is 5.91 Å². The molecule has 0 atom stereocenters. The summed E-state index contributed by atoms with van der Waals surface area (Å²) in [6, 6.07) is 15.2. The largest absolute Gasteiger partial charge is 0.325 e. The van der Waals surface area contributed by atoms with E-state index in [0.717, 1.165) is 28.6 Å². The number of carbonyl (C=O) groups is 1. The molecule has 1 aliphatic carbocycles. The van der Waals surface area contributed by atoms with E-state index >= 15 is 0 Å². The van der Waals surface area contributed by atoms with Gasteiger partial charge in [-0.3, -0.25) is 4.79 Å². The van der Waals surface area contributed by atoms with Crippen molar-refractivity contribution in [2.45, 2.75) is 18.3 Å². The van der Waals surface area contributed by atoms with E-state index < -0.39 is 5.41 Å². The zero-order valence-corrected chi connectivity index (χ0v) is 13.0. The van der Waals surface area contributed by atoms with Gasteiger partial charge in [-0.25, -0.2) is 0 Å². The quantitative estimate of drug-likeness (QED) is 0.848. The first kappa shape index (κ1) is 13.7. The SMILES string of the molecule is O=C(Nc1ccc(Br)cc1)C1(c2ccccc2Cl)CC1. The molecule has 0 unspecified atom stereocenters. The molecule has 3 rings (SSSR count). The number of hydrogen-bond acceptors (Lipinski definition) is 1. The lowest BCUT2D eigenvalue weighted by Gasteiger charge is -2.17. The van der Waals surface area contributed by atoms with Crippen LogP contribution >= 0.6 is 27.5 Å². The number of rotatable bonds is 3. The molecule has 0 saturated heterocycles. The normalized spacial score (nSPS) is 15.7. The fraction of sp³-hybridized carbons (Fsp3) is 0.188. The number of hydrogen-bond donors (Lipinski definition) is 1. The molecule has 102 valence electrons. The van der Waals surface area contributed by atoms with Crippen LogP contribution in [-0.2, 0) is 10.2 Å². The van der Waals surface area contributed by atoms with Crippen LogP contribution in [0.25, 0.3) is 0 Å². The summed E-state index contributed by atoms with van der Waals surface area (Å²) in [6.45, 7) is 0. The van der Waals surface area contributed by atoms with Crippen molar-refractivity contribution in [1.29, 1.82) is 0 Å². The van der Waals surface area contributed by atoms with E-state index in [1.165, 1.54) is 0 Å². The van der Waals surface area contributed by atoms with E-state index in [1.807, 2.05) is 48.5 Å². The molecule has 20 heavy (non-hydrogen) atoms.